The fourth-order valence-corrected chi connectivity index (χ4v) is 2.64. The molecule has 0 aliphatic heterocycles. The molecule has 0 spiro atoms. The Balaban J connectivity index is 2.17. The number of aryl methyl sites for hydroxylation is 3. The summed E-state index contributed by atoms with van der Waals surface area (Å²) in [7, 11) is 0. The third-order valence-electron chi connectivity index (χ3n) is 3.44. The summed E-state index contributed by atoms with van der Waals surface area (Å²) in [4.78, 5) is 13.8. The molecule has 0 aliphatic rings. The first kappa shape index (κ1) is 14.7. The molecule has 0 saturated heterocycles. The van der Waals surface area contributed by atoms with E-state index in [4.69, 9.17) is 16.6 Å². The van der Waals surface area contributed by atoms with Crippen molar-refractivity contribution in [2.45, 2.75) is 20.8 Å². The lowest BCUT2D eigenvalue weighted by atomic mass is 10.1. The van der Waals surface area contributed by atoms with Gasteiger partial charge in [-0.05, 0) is 44.5 Å². The van der Waals surface area contributed by atoms with Crippen LogP contribution in [0.15, 0.2) is 42.5 Å². The standard InChI is InChI=1S/C18H16ClN3/c1-11-8-9-16(14-6-4-5-7-15(14)19)22-17(11)18-20-12(2)10-13(3)21-18/h4-10H,1-3H3. The Morgan fingerprint density at radius 2 is 1.50 bits per heavy atom. The molecule has 0 atom stereocenters. The first-order valence-electron chi connectivity index (χ1n) is 7.10. The van der Waals surface area contributed by atoms with Gasteiger partial charge in [0.1, 0.15) is 5.69 Å². The lowest BCUT2D eigenvalue weighted by molar-refractivity contribution is 1.04. The van der Waals surface area contributed by atoms with Crippen molar-refractivity contribution in [1.82, 2.24) is 15.0 Å². The zero-order chi connectivity index (χ0) is 15.7. The number of nitrogens with zero attached hydrogens (tertiary/aromatic N) is 3. The van der Waals surface area contributed by atoms with Crippen LogP contribution in [0.4, 0.5) is 0 Å². The van der Waals surface area contributed by atoms with Crippen LogP contribution in [0.1, 0.15) is 17.0 Å². The third kappa shape index (κ3) is 2.85. The second-order valence-electron chi connectivity index (χ2n) is 5.32. The molecular weight excluding hydrogens is 294 g/mol. The molecule has 0 N–H and O–H groups in total. The summed E-state index contributed by atoms with van der Waals surface area (Å²) in [5, 5.41) is 0.686. The van der Waals surface area contributed by atoms with Crippen LogP contribution in [0, 0.1) is 20.8 Å². The van der Waals surface area contributed by atoms with E-state index in [0.717, 1.165) is 33.9 Å². The van der Waals surface area contributed by atoms with Crippen LogP contribution in [0.25, 0.3) is 22.8 Å². The minimum atomic E-state index is 0.656. The molecule has 0 bridgehead atoms. The average molecular weight is 310 g/mol. The van der Waals surface area contributed by atoms with Crippen molar-refractivity contribution in [3.8, 4) is 22.8 Å². The van der Waals surface area contributed by atoms with E-state index in [1.165, 1.54) is 0 Å². The first-order valence-corrected chi connectivity index (χ1v) is 7.47. The van der Waals surface area contributed by atoms with Gasteiger partial charge in [0.15, 0.2) is 5.82 Å². The molecule has 0 amide bonds. The number of hydrogen-bond acceptors (Lipinski definition) is 3. The molecule has 0 fully saturated rings. The molecule has 1 aromatic carbocycles. The van der Waals surface area contributed by atoms with E-state index < -0.39 is 0 Å². The van der Waals surface area contributed by atoms with Gasteiger partial charge in [0.2, 0.25) is 0 Å². The molecule has 2 heterocycles. The van der Waals surface area contributed by atoms with Gasteiger partial charge in [-0.2, -0.15) is 0 Å². The lowest BCUT2D eigenvalue weighted by Crippen LogP contribution is -1.99. The molecule has 0 aliphatic carbocycles. The van der Waals surface area contributed by atoms with Crippen LogP contribution in [0.3, 0.4) is 0 Å². The highest BCUT2D eigenvalue weighted by molar-refractivity contribution is 6.33. The molecular formula is C18H16ClN3. The Morgan fingerprint density at radius 3 is 2.18 bits per heavy atom. The Kier molecular flexibility index (Phi) is 3.90. The van der Waals surface area contributed by atoms with E-state index in [1.807, 2.05) is 63.2 Å². The van der Waals surface area contributed by atoms with Crippen molar-refractivity contribution in [1.29, 1.82) is 0 Å². The van der Waals surface area contributed by atoms with Crippen molar-refractivity contribution in [3.63, 3.8) is 0 Å². The monoisotopic (exact) mass is 309 g/mol. The number of aromatic nitrogens is 3. The van der Waals surface area contributed by atoms with Gasteiger partial charge in [0.05, 0.1) is 5.69 Å². The topological polar surface area (TPSA) is 38.7 Å². The Bertz CT molecular complexity index is 823. The molecule has 0 saturated carbocycles. The van der Waals surface area contributed by atoms with Crippen molar-refractivity contribution >= 4 is 11.6 Å². The van der Waals surface area contributed by atoms with Gasteiger partial charge in [-0.1, -0.05) is 35.9 Å². The minimum Gasteiger partial charge on any atom is -0.244 e. The van der Waals surface area contributed by atoms with Crippen LogP contribution < -0.4 is 0 Å². The first-order chi connectivity index (χ1) is 10.5. The summed E-state index contributed by atoms with van der Waals surface area (Å²) < 4.78 is 0. The Morgan fingerprint density at radius 1 is 0.818 bits per heavy atom. The van der Waals surface area contributed by atoms with Gasteiger partial charge in [0.25, 0.3) is 0 Å². The maximum absolute atomic E-state index is 6.28. The predicted molar refractivity (Wildman–Crippen MR) is 89.9 cm³/mol. The van der Waals surface area contributed by atoms with E-state index in [2.05, 4.69) is 9.97 Å². The molecule has 3 aromatic rings. The van der Waals surface area contributed by atoms with Crippen LogP contribution in [0.5, 0.6) is 0 Å². The summed E-state index contributed by atoms with van der Waals surface area (Å²) in [6.07, 6.45) is 0. The number of pyridine rings is 1. The average Bonchev–Trinajstić information content (AvgIpc) is 2.47. The van der Waals surface area contributed by atoms with Crippen LogP contribution in [-0.4, -0.2) is 15.0 Å². The second kappa shape index (κ2) is 5.85. The molecule has 22 heavy (non-hydrogen) atoms. The summed E-state index contributed by atoms with van der Waals surface area (Å²) in [6.45, 7) is 5.94. The van der Waals surface area contributed by atoms with Crippen LogP contribution >= 0.6 is 11.6 Å². The molecule has 3 nitrogen and oxygen atoms in total. The largest absolute Gasteiger partial charge is 0.244 e. The van der Waals surface area contributed by atoms with E-state index in [-0.39, 0.29) is 0 Å². The zero-order valence-corrected chi connectivity index (χ0v) is 13.5. The molecule has 110 valence electrons. The van der Waals surface area contributed by atoms with Crippen LogP contribution in [-0.2, 0) is 0 Å². The van der Waals surface area contributed by atoms with E-state index >= 15 is 0 Å². The fourth-order valence-electron chi connectivity index (χ4n) is 2.41. The van der Waals surface area contributed by atoms with Gasteiger partial charge in [-0.25, -0.2) is 15.0 Å². The molecule has 4 heteroatoms. The lowest BCUT2D eigenvalue weighted by Gasteiger charge is -2.09. The highest BCUT2D eigenvalue weighted by Gasteiger charge is 2.12. The van der Waals surface area contributed by atoms with Crippen LogP contribution in [0.2, 0.25) is 5.02 Å². The SMILES string of the molecule is Cc1cc(C)nc(-c2nc(-c3ccccc3Cl)ccc2C)n1. The number of hydrogen-bond donors (Lipinski definition) is 0. The number of rotatable bonds is 2. The van der Waals surface area contributed by atoms with Crippen molar-refractivity contribution < 1.29 is 0 Å². The highest BCUT2D eigenvalue weighted by Crippen LogP contribution is 2.28. The van der Waals surface area contributed by atoms with E-state index in [0.29, 0.717) is 10.8 Å². The quantitative estimate of drug-likeness (QED) is 0.683. The summed E-state index contributed by atoms with van der Waals surface area (Å²) >= 11 is 6.28. The van der Waals surface area contributed by atoms with Crippen molar-refractivity contribution in [2.75, 3.05) is 0 Å². The normalized spacial score (nSPS) is 10.7. The number of halogens is 1. The predicted octanol–water partition coefficient (Wildman–Crippen LogP) is 4.78. The second-order valence-corrected chi connectivity index (χ2v) is 5.72. The van der Waals surface area contributed by atoms with Gasteiger partial charge >= 0.3 is 0 Å². The Hall–Kier alpha value is -2.26. The van der Waals surface area contributed by atoms with Gasteiger partial charge in [0, 0.05) is 22.0 Å². The maximum atomic E-state index is 6.28. The molecule has 3 rings (SSSR count). The maximum Gasteiger partial charge on any atom is 0.178 e. The summed E-state index contributed by atoms with van der Waals surface area (Å²) in [5.41, 5.74) is 5.45. The summed E-state index contributed by atoms with van der Waals surface area (Å²) in [6, 6.07) is 13.7. The molecule has 2 aromatic heterocycles. The number of benzene rings is 1. The molecule has 0 unspecified atom stereocenters. The zero-order valence-electron chi connectivity index (χ0n) is 12.8. The minimum absolute atomic E-state index is 0.656. The van der Waals surface area contributed by atoms with Gasteiger partial charge < -0.3 is 0 Å². The fraction of sp³-hybridized carbons (Fsp3) is 0.167. The van der Waals surface area contributed by atoms with E-state index in [9.17, 15) is 0 Å². The van der Waals surface area contributed by atoms with Crippen molar-refractivity contribution in [3.05, 3.63) is 64.4 Å². The summed E-state index contributed by atoms with van der Waals surface area (Å²) in [5.74, 6) is 0.656. The van der Waals surface area contributed by atoms with Gasteiger partial charge in [-0.3, -0.25) is 0 Å². The Labute approximate surface area is 135 Å². The molecule has 0 radical (unpaired) electrons. The smallest absolute Gasteiger partial charge is 0.178 e. The highest BCUT2D eigenvalue weighted by atomic mass is 35.5. The van der Waals surface area contributed by atoms with E-state index in [1.54, 1.807) is 0 Å². The third-order valence-corrected chi connectivity index (χ3v) is 3.77. The van der Waals surface area contributed by atoms with Crippen molar-refractivity contribution in [2.24, 2.45) is 0 Å². The van der Waals surface area contributed by atoms with Gasteiger partial charge in [-0.15, -0.1) is 0 Å².